The van der Waals surface area contributed by atoms with Gasteiger partial charge in [-0.3, -0.25) is 9.59 Å². The van der Waals surface area contributed by atoms with Crippen LogP contribution in [0.25, 0.3) is 0 Å². The molecule has 1 aliphatic heterocycles. The Kier molecular flexibility index (Phi) is 4.48. The summed E-state index contributed by atoms with van der Waals surface area (Å²) < 4.78 is 0. The van der Waals surface area contributed by atoms with E-state index in [0.717, 1.165) is 31.5 Å². The fraction of sp³-hybridized carbons (Fsp3) is 0.500. The molecule has 1 fully saturated rings. The Labute approximate surface area is 114 Å². The van der Waals surface area contributed by atoms with Crippen molar-refractivity contribution in [1.82, 2.24) is 4.90 Å². The first-order valence-electron chi connectivity index (χ1n) is 6.87. The summed E-state index contributed by atoms with van der Waals surface area (Å²) in [7, 11) is 2.10. The molecule has 0 radical (unpaired) electrons. The summed E-state index contributed by atoms with van der Waals surface area (Å²) in [6.07, 6.45) is 2.44. The third-order valence-corrected chi connectivity index (χ3v) is 3.91. The smallest absolute Gasteiger partial charge is 0.159 e. The van der Waals surface area contributed by atoms with Crippen molar-refractivity contribution in [2.45, 2.75) is 26.2 Å². The van der Waals surface area contributed by atoms with Crippen LogP contribution < -0.4 is 0 Å². The third-order valence-electron chi connectivity index (χ3n) is 3.91. The Bertz CT molecular complexity index is 456. The quantitative estimate of drug-likeness (QED) is 0.779. The molecule has 0 N–H and O–H groups in total. The van der Waals surface area contributed by atoms with Crippen LogP contribution >= 0.6 is 0 Å². The van der Waals surface area contributed by atoms with Gasteiger partial charge in [-0.2, -0.15) is 0 Å². The van der Waals surface area contributed by atoms with Crippen LogP contribution in [-0.4, -0.2) is 36.6 Å². The normalized spacial score (nSPS) is 17.4. The molecule has 2 rings (SSSR count). The Morgan fingerprint density at radius 1 is 1.16 bits per heavy atom. The van der Waals surface area contributed by atoms with Crippen molar-refractivity contribution in [2.75, 3.05) is 20.1 Å². The van der Waals surface area contributed by atoms with Gasteiger partial charge in [0.25, 0.3) is 0 Å². The first-order valence-corrected chi connectivity index (χ1v) is 6.87. The number of hydrogen-bond donors (Lipinski definition) is 0. The SMILES string of the molecule is CC(=O)c1ccc(CC(=O)C2CCN(C)CC2)cc1. The van der Waals surface area contributed by atoms with Gasteiger partial charge < -0.3 is 4.90 Å². The van der Waals surface area contributed by atoms with Crippen molar-refractivity contribution in [1.29, 1.82) is 0 Å². The average molecular weight is 259 g/mol. The number of carbonyl (C=O) groups is 2. The van der Waals surface area contributed by atoms with Crippen LogP contribution in [0, 0.1) is 5.92 Å². The van der Waals surface area contributed by atoms with E-state index in [9.17, 15) is 9.59 Å². The fourth-order valence-electron chi connectivity index (χ4n) is 2.53. The van der Waals surface area contributed by atoms with Gasteiger partial charge in [0.1, 0.15) is 5.78 Å². The molecule has 1 aromatic rings. The predicted molar refractivity (Wildman–Crippen MR) is 75.4 cm³/mol. The Balaban J connectivity index is 1.93. The molecule has 0 aliphatic carbocycles. The zero-order valence-corrected chi connectivity index (χ0v) is 11.7. The minimum atomic E-state index is 0.0631. The van der Waals surface area contributed by atoms with Crippen LogP contribution in [0.4, 0.5) is 0 Å². The second-order valence-corrected chi connectivity index (χ2v) is 5.47. The molecule has 3 heteroatoms. The van der Waals surface area contributed by atoms with Crippen molar-refractivity contribution in [3.63, 3.8) is 0 Å². The Hall–Kier alpha value is -1.48. The molecule has 0 unspecified atom stereocenters. The van der Waals surface area contributed by atoms with Crippen LogP contribution in [-0.2, 0) is 11.2 Å². The van der Waals surface area contributed by atoms with Gasteiger partial charge in [0.2, 0.25) is 0 Å². The minimum absolute atomic E-state index is 0.0631. The van der Waals surface area contributed by atoms with Gasteiger partial charge in [-0.1, -0.05) is 24.3 Å². The Morgan fingerprint density at radius 2 is 1.74 bits per heavy atom. The van der Waals surface area contributed by atoms with Crippen molar-refractivity contribution >= 4 is 11.6 Å². The fourth-order valence-corrected chi connectivity index (χ4v) is 2.53. The van der Waals surface area contributed by atoms with E-state index in [1.807, 2.05) is 12.1 Å². The summed E-state index contributed by atoms with van der Waals surface area (Å²) in [5.74, 6) is 0.612. The molecule has 0 bridgehead atoms. The number of Topliss-reactive ketones (excluding diaryl/α,β-unsaturated/α-hetero) is 2. The number of likely N-dealkylation sites (tertiary alicyclic amines) is 1. The predicted octanol–water partition coefficient (Wildman–Crippen LogP) is 2.34. The highest BCUT2D eigenvalue weighted by Gasteiger charge is 2.23. The largest absolute Gasteiger partial charge is 0.306 e. The van der Waals surface area contributed by atoms with Crippen LogP contribution in [0.15, 0.2) is 24.3 Å². The first-order chi connectivity index (χ1) is 9.06. The number of hydrogen-bond acceptors (Lipinski definition) is 3. The van der Waals surface area contributed by atoms with Gasteiger partial charge >= 0.3 is 0 Å². The number of ketones is 2. The zero-order chi connectivity index (χ0) is 13.8. The van der Waals surface area contributed by atoms with Crippen LogP contribution in [0.5, 0.6) is 0 Å². The van der Waals surface area contributed by atoms with Gasteiger partial charge in [-0.25, -0.2) is 0 Å². The molecule has 0 atom stereocenters. The van der Waals surface area contributed by atoms with Gasteiger partial charge in [-0.15, -0.1) is 0 Å². The minimum Gasteiger partial charge on any atom is -0.306 e. The van der Waals surface area contributed by atoms with Crippen LogP contribution in [0.2, 0.25) is 0 Å². The lowest BCUT2D eigenvalue weighted by molar-refractivity contribution is -0.123. The number of benzene rings is 1. The zero-order valence-electron chi connectivity index (χ0n) is 11.7. The number of piperidine rings is 1. The molecule has 1 aromatic carbocycles. The van der Waals surface area contributed by atoms with Crippen molar-refractivity contribution in [3.8, 4) is 0 Å². The lowest BCUT2D eigenvalue weighted by atomic mass is 9.89. The summed E-state index contributed by atoms with van der Waals surface area (Å²) in [5, 5.41) is 0. The number of rotatable bonds is 4. The first kappa shape index (κ1) is 13.9. The molecule has 102 valence electrons. The standard InChI is InChI=1S/C16H21NO2/c1-12(18)14-5-3-13(4-6-14)11-16(19)15-7-9-17(2)10-8-15/h3-6,15H,7-11H2,1-2H3. The topological polar surface area (TPSA) is 37.4 Å². The summed E-state index contributed by atoms with van der Waals surface area (Å²) >= 11 is 0. The van der Waals surface area contributed by atoms with Gasteiger partial charge in [-0.05, 0) is 45.5 Å². The van der Waals surface area contributed by atoms with E-state index in [2.05, 4.69) is 11.9 Å². The molecule has 1 saturated heterocycles. The van der Waals surface area contributed by atoms with Crippen molar-refractivity contribution in [3.05, 3.63) is 35.4 Å². The average Bonchev–Trinajstić information content (AvgIpc) is 2.40. The van der Waals surface area contributed by atoms with E-state index < -0.39 is 0 Å². The molecule has 19 heavy (non-hydrogen) atoms. The number of carbonyl (C=O) groups excluding carboxylic acids is 2. The van der Waals surface area contributed by atoms with E-state index >= 15 is 0 Å². The van der Waals surface area contributed by atoms with E-state index in [4.69, 9.17) is 0 Å². The summed E-state index contributed by atoms with van der Waals surface area (Å²) in [6.45, 7) is 3.58. The summed E-state index contributed by atoms with van der Waals surface area (Å²) in [6, 6.07) is 7.40. The lowest BCUT2D eigenvalue weighted by Gasteiger charge is -2.28. The molecule has 1 aliphatic rings. The van der Waals surface area contributed by atoms with Crippen molar-refractivity contribution in [2.24, 2.45) is 5.92 Å². The molecule has 0 saturated carbocycles. The van der Waals surface area contributed by atoms with Gasteiger partial charge in [0, 0.05) is 17.9 Å². The van der Waals surface area contributed by atoms with Crippen LogP contribution in [0.3, 0.4) is 0 Å². The molecule has 1 heterocycles. The molecule has 3 nitrogen and oxygen atoms in total. The second kappa shape index (κ2) is 6.11. The third kappa shape index (κ3) is 3.74. The highest BCUT2D eigenvalue weighted by Crippen LogP contribution is 2.19. The van der Waals surface area contributed by atoms with E-state index in [1.54, 1.807) is 19.1 Å². The lowest BCUT2D eigenvalue weighted by Crippen LogP contribution is -2.34. The molecular formula is C16H21NO2. The molecule has 0 amide bonds. The second-order valence-electron chi connectivity index (χ2n) is 5.47. The maximum absolute atomic E-state index is 12.2. The monoisotopic (exact) mass is 259 g/mol. The van der Waals surface area contributed by atoms with E-state index in [1.165, 1.54) is 0 Å². The summed E-state index contributed by atoms with van der Waals surface area (Å²) in [5.41, 5.74) is 1.71. The highest BCUT2D eigenvalue weighted by molar-refractivity contribution is 5.94. The summed E-state index contributed by atoms with van der Waals surface area (Å²) in [4.78, 5) is 25.7. The number of nitrogens with zero attached hydrogens (tertiary/aromatic N) is 1. The van der Waals surface area contributed by atoms with Gasteiger partial charge in [0.15, 0.2) is 5.78 Å². The maximum Gasteiger partial charge on any atom is 0.159 e. The molecule has 0 spiro atoms. The highest BCUT2D eigenvalue weighted by atomic mass is 16.1. The van der Waals surface area contributed by atoms with Gasteiger partial charge in [0.05, 0.1) is 0 Å². The molecular weight excluding hydrogens is 238 g/mol. The molecule has 0 aromatic heterocycles. The van der Waals surface area contributed by atoms with Crippen LogP contribution in [0.1, 0.15) is 35.7 Å². The van der Waals surface area contributed by atoms with Crippen molar-refractivity contribution < 1.29 is 9.59 Å². The van der Waals surface area contributed by atoms with E-state index in [-0.39, 0.29) is 11.7 Å². The Morgan fingerprint density at radius 3 is 2.26 bits per heavy atom. The van der Waals surface area contributed by atoms with E-state index in [0.29, 0.717) is 17.8 Å². The maximum atomic E-state index is 12.2.